The lowest BCUT2D eigenvalue weighted by molar-refractivity contribution is -0.131. The van der Waals surface area contributed by atoms with Crippen LogP contribution in [0.25, 0.3) is 0 Å². The molecule has 21 heavy (non-hydrogen) atoms. The van der Waals surface area contributed by atoms with Gasteiger partial charge in [-0.05, 0) is 33.6 Å². The van der Waals surface area contributed by atoms with Crippen molar-refractivity contribution in [1.29, 1.82) is 0 Å². The Balaban J connectivity index is 0.00000220. The first-order chi connectivity index (χ1) is 9.22. The number of hydrogen-bond donors (Lipinski definition) is 2. The van der Waals surface area contributed by atoms with E-state index in [-0.39, 0.29) is 35.8 Å². The minimum absolute atomic E-state index is 0. The third-order valence-corrected chi connectivity index (χ3v) is 4.47. The molecule has 1 saturated carbocycles. The number of rotatable bonds is 2. The minimum atomic E-state index is -0.726. The third kappa shape index (κ3) is 4.10. The molecule has 0 aromatic rings. The van der Waals surface area contributed by atoms with Gasteiger partial charge < -0.3 is 16.0 Å². The molecule has 2 fully saturated rings. The van der Waals surface area contributed by atoms with Gasteiger partial charge in [-0.25, -0.2) is 0 Å². The van der Waals surface area contributed by atoms with Gasteiger partial charge >= 0.3 is 0 Å². The van der Waals surface area contributed by atoms with Crippen LogP contribution < -0.4 is 11.1 Å². The quantitative estimate of drug-likeness (QED) is 0.812. The maximum Gasteiger partial charge on any atom is 0.240 e. The summed E-state index contributed by atoms with van der Waals surface area (Å²) in [5, 5.41) is 3.00. The second-order valence-electron chi connectivity index (χ2n) is 7.27. The van der Waals surface area contributed by atoms with Crippen molar-refractivity contribution < 1.29 is 9.59 Å². The molecule has 1 atom stereocenters. The van der Waals surface area contributed by atoms with Crippen LogP contribution in [-0.4, -0.2) is 40.4 Å². The van der Waals surface area contributed by atoms with E-state index >= 15 is 0 Å². The van der Waals surface area contributed by atoms with Crippen LogP contribution in [0.1, 0.15) is 59.3 Å². The molecule has 122 valence electrons. The summed E-state index contributed by atoms with van der Waals surface area (Å²) >= 11 is 0. The molecule has 6 heteroatoms. The van der Waals surface area contributed by atoms with Gasteiger partial charge in [0.15, 0.2) is 0 Å². The van der Waals surface area contributed by atoms with Crippen LogP contribution in [0.15, 0.2) is 0 Å². The number of likely N-dealkylation sites (tertiary alicyclic amines) is 1. The monoisotopic (exact) mass is 317 g/mol. The lowest BCUT2D eigenvalue weighted by Gasteiger charge is -2.34. The second-order valence-corrected chi connectivity index (χ2v) is 7.27. The molecule has 5 nitrogen and oxygen atoms in total. The van der Waals surface area contributed by atoms with Crippen molar-refractivity contribution in [2.75, 3.05) is 6.54 Å². The lowest BCUT2D eigenvalue weighted by Crippen LogP contribution is -2.57. The predicted octanol–water partition coefficient (Wildman–Crippen LogP) is 1.59. The molecule has 1 saturated heterocycles. The van der Waals surface area contributed by atoms with Gasteiger partial charge in [-0.2, -0.15) is 0 Å². The van der Waals surface area contributed by atoms with Gasteiger partial charge in [0.1, 0.15) is 0 Å². The van der Waals surface area contributed by atoms with Crippen LogP contribution in [0.2, 0.25) is 0 Å². The van der Waals surface area contributed by atoms with Gasteiger partial charge in [-0.15, -0.1) is 12.4 Å². The van der Waals surface area contributed by atoms with Crippen molar-refractivity contribution >= 4 is 24.2 Å². The van der Waals surface area contributed by atoms with Gasteiger partial charge in [0.2, 0.25) is 11.8 Å². The zero-order valence-electron chi connectivity index (χ0n) is 13.3. The normalized spacial score (nSPS) is 25.4. The van der Waals surface area contributed by atoms with Crippen molar-refractivity contribution in [2.24, 2.45) is 5.73 Å². The molecule has 2 aliphatic rings. The summed E-state index contributed by atoms with van der Waals surface area (Å²) in [7, 11) is 0. The number of carbonyl (C=O) groups is 2. The summed E-state index contributed by atoms with van der Waals surface area (Å²) in [6.07, 6.45) is 5.08. The van der Waals surface area contributed by atoms with E-state index in [9.17, 15) is 9.59 Å². The van der Waals surface area contributed by atoms with E-state index in [2.05, 4.69) is 5.32 Å². The molecule has 2 rings (SSSR count). The standard InChI is InChI=1S/C15H27N3O2.ClH/c1-14(2,3)18-10-11(9-12(18)19)17-13(20)15(16)7-5-4-6-8-15;/h11H,4-10,16H2,1-3H3,(H,17,20);1H. The average molecular weight is 318 g/mol. The topological polar surface area (TPSA) is 75.4 Å². The first kappa shape index (κ1) is 18.2. The third-order valence-electron chi connectivity index (χ3n) is 4.47. The molecule has 0 aromatic carbocycles. The minimum Gasteiger partial charge on any atom is -0.349 e. The summed E-state index contributed by atoms with van der Waals surface area (Å²) in [6.45, 7) is 6.63. The maximum absolute atomic E-state index is 12.4. The summed E-state index contributed by atoms with van der Waals surface area (Å²) in [5.41, 5.74) is 5.31. The predicted molar refractivity (Wildman–Crippen MR) is 85.3 cm³/mol. The van der Waals surface area contributed by atoms with Crippen LogP contribution in [0.3, 0.4) is 0 Å². The lowest BCUT2D eigenvalue weighted by atomic mass is 9.81. The molecule has 1 unspecified atom stereocenters. The Bertz CT molecular complexity index is 400. The summed E-state index contributed by atoms with van der Waals surface area (Å²) < 4.78 is 0. The number of hydrogen-bond acceptors (Lipinski definition) is 3. The Morgan fingerprint density at radius 3 is 2.33 bits per heavy atom. The highest BCUT2D eigenvalue weighted by Gasteiger charge is 2.40. The van der Waals surface area contributed by atoms with E-state index in [1.807, 2.05) is 25.7 Å². The zero-order valence-corrected chi connectivity index (χ0v) is 14.1. The van der Waals surface area contributed by atoms with Crippen molar-refractivity contribution in [3.8, 4) is 0 Å². The highest BCUT2D eigenvalue weighted by molar-refractivity contribution is 5.88. The maximum atomic E-state index is 12.4. The Morgan fingerprint density at radius 2 is 1.86 bits per heavy atom. The van der Waals surface area contributed by atoms with E-state index in [0.717, 1.165) is 32.1 Å². The Morgan fingerprint density at radius 1 is 1.29 bits per heavy atom. The van der Waals surface area contributed by atoms with Crippen molar-refractivity contribution in [3.63, 3.8) is 0 Å². The van der Waals surface area contributed by atoms with Crippen molar-refractivity contribution in [1.82, 2.24) is 10.2 Å². The molecule has 3 N–H and O–H groups in total. The Kier molecular flexibility index (Phi) is 5.67. The van der Waals surface area contributed by atoms with Crippen LogP contribution in [0.5, 0.6) is 0 Å². The molecule has 1 aliphatic carbocycles. The number of nitrogens with one attached hydrogen (secondary N) is 1. The fraction of sp³-hybridized carbons (Fsp3) is 0.867. The number of carbonyl (C=O) groups excluding carboxylic acids is 2. The molecular formula is C15H28ClN3O2. The van der Waals surface area contributed by atoms with Gasteiger partial charge in [0.05, 0.1) is 11.6 Å². The van der Waals surface area contributed by atoms with E-state index in [1.165, 1.54) is 0 Å². The first-order valence-corrected chi connectivity index (χ1v) is 7.63. The summed E-state index contributed by atoms with van der Waals surface area (Å²) in [5.74, 6) is 0.0308. The molecule has 0 spiro atoms. The number of amides is 2. The molecule has 0 radical (unpaired) electrons. The van der Waals surface area contributed by atoms with Gasteiger partial charge in [-0.1, -0.05) is 19.3 Å². The smallest absolute Gasteiger partial charge is 0.240 e. The van der Waals surface area contributed by atoms with E-state index in [1.54, 1.807) is 0 Å². The van der Waals surface area contributed by atoms with Crippen LogP contribution >= 0.6 is 12.4 Å². The Hall–Kier alpha value is -0.810. The first-order valence-electron chi connectivity index (χ1n) is 7.63. The van der Waals surface area contributed by atoms with E-state index < -0.39 is 5.54 Å². The number of halogens is 1. The van der Waals surface area contributed by atoms with E-state index in [0.29, 0.717) is 13.0 Å². The van der Waals surface area contributed by atoms with Gasteiger partial charge in [-0.3, -0.25) is 9.59 Å². The number of nitrogens with zero attached hydrogens (tertiary/aromatic N) is 1. The van der Waals surface area contributed by atoms with Crippen molar-refractivity contribution in [3.05, 3.63) is 0 Å². The molecule has 1 aliphatic heterocycles. The van der Waals surface area contributed by atoms with Crippen LogP contribution in [0, 0.1) is 0 Å². The Labute approximate surface area is 133 Å². The zero-order chi connectivity index (χ0) is 15.0. The molecule has 0 aromatic heterocycles. The molecule has 0 bridgehead atoms. The van der Waals surface area contributed by atoms with Crippen LogP contribution in [-0.2, 0) is 9.59 Å². The molecule has 1 heterocycles. The fourth-order valence-corrected chi connectivity index (χ4v) is 3.19. The van der Waals surface area contributed by atoms with Gasteiger partial charge in [0.25, 0.3) is 0 Å². The van der Waals surface area contributed by atoms with Crippen LogP contribution in [0.4, 0.5) is 0 Å². The molecular weight excluding hydrogens is 290 g/mol. The fourth-order valence-electron chi connectivity index (χ4n) is 3.19. The van der Waals surface area contributed by atoms with E-state index in [4.69, 9.17) is 5.73 Å². The SMILES string of the molecule is CC(C)(C)N1CC(NC(=O)C2(N)CCCCC2)CC1=O.Cl. The summed E-state index contributed by atoms with van der Waals surface area (Å²) in [6, 6.07) is -0.100. The summed E-state index contributed by atoms with van der Waals surface area (Å²) in [4.78, 5) is 26.2. The highest BCUT2D eigenvalue weighted by Crippen LogP contribution is 2.27. The average Bonchev–Trinajstić information content (AvgIpc) is 2.71. The van der Waals surface area contributed by atoms with Gasteiger partial charge in [0, 0.05) is 18.5 Å². The number of nitrogens with two attached hydrogens (primary N) is 1. The largest absolute Gasteiger partial charge is 0.349 e. The highest BCUT2D eigenvalue weighted by atomic mass is 35.5. The van der Waals surface area contributed by atoms with Crippen molar-refractivity contribution in [2.45, 2.75) is 76.4 Å². The second kappa shape index (κ2) is 6.53. The molecule has 2 amide bonds.